The molecule has 6 nitrogen and oxygen atoms in total. The minimum atomic E-state index is -0.880. The van der Waals surface area contributed by atoms with Gasteiger partial charge in [-0.2, -0.15) is 0 Å². The van der Waals surface area contributed by atoms with Gasteiger partial charge in [0, 0.05) is 12.2 Å². The van der Waals surface area contributed by atoms with Crippen molar-refractivity contribution < 1.29 is 24.2 Å². The summed E-state index contributed by atoms with van der Waals surface area (Å²) in [5, 5.41) is 9.72. The first kappa shape index (κ1) is 20.7. The molecule has 0 saturated carbocycles. The Morgan fingerprint density at radius 1 is 1.35 bits per heavy atom. The number of rotatable bonds is 8. The summed E-state index contributed by atoms with van der Waals surface area (Å²) in [4.78, 5) is 23.1. The van der Waals surface area contributed by atoms with Crippen LogP contribution in [0.15, 0.2) is 42.5 Å². The first-order valence-electron chi connectivity index (χ1n) is 7.13. The van der Waals surface area contributed by atoms with E-state index in [1.807, 2.05) is 44.2 Å². The van der Waals surface area contributed by atoms with Gasteiger partial charge in [-0.1, -0.05) is 23.8 Å². The number of methoxy groups -OCH3 is 1. The van der Waals surface area contributed by atoms with Gasteiger partial charge < -0.3 is 19.5 Å². The number of ether oxygens (including phenoxy) is 2. The average molecular weight is 323 g/mol. The first-order valence-corrected chi connectivity index (χ1v) is 7.13. The van der Waals surface area contributed by atoms with E-state index in [2.05, 4.69) is 16.1 Å². The van der Waals surface area contributed by atoms with Gasteiger partial charge in [-0.05, 0) is 26.0 Å². The lowest BCUT2D eigenvalue weighted by molar-refractivity contribution is -0.139. The Morgan fingerprint density at radius 3 is 2.39 bits per heavy atom. The number of allylic oxidation sites excluding steroid dienone is 1. The number of aliphatic hydroxyl groups is 1. The smallest absolute Gasteiger partial charge is 0.325 e. The maximum absolute atomic E-state index is 11.4. The molecular formula is C17H25NO5. The zero-order valence-corrected chi connectivity index (χ0v) is 13.9. The van der Waals surface area contributed by atoms with Crippen LogP contribution in [0.4, 0.5) is 5.69 Å². The Kier molecular flexibility index (Phi) is 11.0. The van der Waals surface area contributed by atoms with E-state index in [0.717, 1.165) is 5.69 Å². The second kappa shape index (κ2) is 12.2. The summed E-state index contributed by atoms with van der Waals surface area (Å²) in [5.41, 5.74) is 1.94. The van der Waals surface area contributed by atoms with Gasteiger partial charge >= 0.3 is 5.97 Å². The van der Waals surface area contributed by atoms with Crippen molar-refractivity contribution in [1.29, 1.82) is 0 Å². The molecule has 1 N–H and O–H groups in total. The van der Waals surface area contributed by atoms with Crippen LogP contribution in [0.1, 0.15) is 13.8 Å². The molecule has 0 aliphatic carbocycles. The molecule has 128 valence electrons. The fourth-order valence-electron chi connectivity index (χ4n) is 1.58. The van der Waals surface area contributed by atoms with Crippen LogP contribution in [0.2, 0.25) is 0 Å². The molecule has 6 heteroatoms. The number of carbonyl (C=O) groups is 2. The maximum atomic E-state index is 11.4. The monoisotopic (exact) mass is 323 g/mol. The van der Waals surface area contributed by atoms with Gasteiger partial charge in [0.2, 0.25) is 0 Å². The number of nitrogens with zero attached hydrogens (tertiary/aromatic N) is 1. The van der Waals surface area contributed by atoms with Gasteiger partial charge in [-0.3, -0.25) is 9.59 Å². The minimum absolute atomic E-state index is 0.0126. The van der Waals surface area contributed by atoms with Gasteiger partial charge in [0.1, 0.15) is 19.3 Å². The number of anilines is 1. The van der Waals surface area contributed by atoms with Crippen molar-refractivity contribution in [3.05, 3.63) is 42.5 Å². The second-order valence-electron chi connectivity index (χ2n) is 5.08. The fraction of sp³-hybridized carbons (Fsp3) is 0.412. The summed E-state index contributed by atoms with van der Waals surface area (Å²) < 4.78 is 9.11. The highest BCUT2D eigenvalue weighted by Crippen LogP contribution is 2.13. The first-order chi connectivity index (χ1) is 10.9. The molecule has 0 aromatic heterocycles. The van der Waals surface area contributed by atoms with Crippen LogP contribution in [-0.4, -0.2) is 50.5 Å². The van der Waals surface area contributed by atoms with Crippen LogP contribution in [0.25, 0.3) is 0 Å². The summed E-state index contributed by atoms with van der Waals surface area (Å²) in [7, 11) is 1.30. The lowest BCUT2D eigenvalue weighted by Crippen LogP contribution is -2.38. The lowest BCUT2D eigenvalue weighted by Gasteiger charge is -2.25. The van der Waals surface area contributed by atoms with E-state index in [4.69, 9.17) is 0 Å². The highest BCUT2D eigenvalue weighted by Gasteiger charge is 2.16. The van der Waals surface area contributed by atoms with Crippen LogP contribution >= 0.6 is 0 Å². The van der Waals surface area contributed by atoms with Crippen molar-refractivity contribution in [2.24, 2.45) is 0 Å². The summed E-state index contributed by atoms with van der Waals surface area (Å²) in [6, 6.07) is 9.14. The van der Waals surface area contributed by atoms with Gasteiger partial charge in [0.25, 0.3) is 6.47 Å². The second-order valence-corrected chi connectivity index (χ2v) is 5.08. The largest absolute Gasteiger partial charge is 0.468 e. The maximum Gasteiger partial charge on any atom is 0.325 e. The fourth-order valence-corrected chi connectivity index (χ4v) is 1.58. The van der Waals surface area contributed by atoms with Crippen molar-refractivity contribution in [1.82, 2.24) is 0 Å². The molecule has 1 aromatic rings. The van der Waals surface area contributed by atoms with Gasteiger partial charge in [-0.25, -0.2) is 0 Å². The van der Waals surface area contributed by atoms with Crippen LogP contribution < -0.4 is 4.90 Å². The average Bonchev–Trinajstić information content (AvgIpc) is 2.52. The van der Waals surface area contributed by atoms with E-state index >= 15 is 0 Å². The van der Waals surface area contributed by atoms with E-state index in [0.29, 0.717) is 0 Å². The Bertz CT molecular complexity index is 471. The standard InChI is InChI=1S/C13H17NO5.C4H8/c1-18-13(17)8-14(7-12(16)9-19-10-15)11-5-3-2-4-6-11;1-4(2)3/h2-6,10,12,16H,7-9H2,1H3;1H2,2-3H3. The number of para-hydroxylation sites is 1. The number of esters is 1. The zero-order valence-electron chi connectivity index (χ0n) is 13.9. The highest BCUT2D eigenvalue weighted by molar-refractivity contribution is 5.75. The molecule has 0 saturated heterocycles. The summed E-state index contributed by atoms with van der Waals surface area (Å²) in [6.45, 7) is 7.83. The Morgan fingerprint density at radius 2 is 1.91 bits per heavy atom. The number of benzene rings is 1. The van der Waals surface area contributed by atoms with Crippen molar-refractivity contribution in [3.8, 4) is 0 Å². The molecule has 0 heterocycles. The third-order valence-electron chi connectivity index (χ3n) is 2.46. The number of hydrogen-bond donors (Lipinski definition) is 1. The molecule has 0 amide bonds. The molecule has 0 spiro atoms. The summed E-state index contributed by atoms with van der Waals surface area (Å²) in [5.74, 6) is -0.410. The molecular weight excluding hydrogens is 298 g/mol. The summed E-state index contributed by atoms with van der Waals surface area (Å²) >= 11 is 0. The van der Waals surface area contributed by atoms with E-state index in [1.165, 1.54) is 12.7 Å². The van der Waals surface area contributed by atoms with Gasteiger partial charge in [0.05, 0.1) is 7.11 Å². The predicted octanol–water partition coefficient (Wildman–Crippen LogP) is 1.78. The normalized spacial score (nSPS) is 10.6. The molecule has 1 aromatic carbocycles. The number of carbonyl (C=O) groups excluding carboxylic acids is 2. The molecule has 0 aliphatic heterocycles. The molecule has 23 heavy (non-hydrogen) atoms. The topological polar surface area (TPSA) is 76.1 Å². The van der Waals surface area contributed by atoms with Crippen molar-refractivity contribution in [2.75, 3.05) is 31.7 Å². The van der Waals surface area contributed by atoms with Crippen LogP contribution in [0.3, 0.4) is 0 Å². The van der Waals surface area contributed by atoms with Crippen LogP contribution in [0.5, 0.6) is 0 Å². The van der Waals surface area contributed by atoms with Gasteiger partial charge in [-0.15, -0.1) is 6.58 Å². The molecule has 0 fully saturated rings. The van der Waals surface area contributed by atoms with E-state index in [9.17, 15) is 14.7 Å². The number of hydrogen-bond acceptors (Lipinski definition) is 6. The Balaban J connectivity index is 0.00000108. The summed E-state index contributed by atoms with van der Waals surface area (Å²) in [6.07, 6.45) is -0.880. The Labute approximate surface area is 137 Å². The molecule has 1 rings (SSSR count). The lowest BCUT2D eigenvalue weighted by atomic mass is 10.2. The highest BCUT2D eigenvalue weighted by atomic mass is 16.5. The van der Waals surface area contributed by atoms with Crippen molar-refractivity contribution in [3.63, 3.8) is 0 Å². The van der Waals surface area contributed by atoms with E-state index in [-0.39, 0.29) is 26.2 Å². The quantitative estimate of drug-likeness (QED) is 0.446. The third kappa shape index (κ3) is 11.0. The third-order valence-corrected chi connectivity index (χ3v) is 2.46. The van der Waals surface area contributed by atoms with Crippen LogP contribution in [0, 0.1) is 0 Å². The molecule has 0 radical (unpaired) electrons. The SMILES string of the molecule is C=C(C)C.COC(=O)CN(CC(O)COC=O)c1ccccc1. The van der Waals surface area contributed by atoms with Crippen LogP contribution in [-0.2, 0) is 19.1 Å². The Hall–Kier alpha value is -2.34. The zero-order chi connectivity index (χ0) is 17.7. The molecule has 0 bridgehead atoms. The van der Waals surface area contributed by atoms with Crippen molar-refractivity contribution in [2.45, 2.75) is 20.0 Å². The molecule has 0 aliphatic rings. The van der Waals surface area contributed by atoms with Crippen molar-refractivity contribution >= 4 is 18.1 Å². The molecule has 1 unspecified atom stereocenters. The van der Waals surface area contributed by atoms with E-state index < -0.39 is 12.1 Å². The number of aliphatic hydroxyl groups excluding tert-OH is 1. The van der Waals surface area contributed by atoms with E-state index in [1.54, 1.807) is 4.90 Å². The predicted molar refractivity (Wildman–Crippen MR) is 89.2 cm³/mol. The minimum Gasteiger partial charge on any atom is -0.468 e. The molecule has 1 atom stereocenters. The van der Waals surface area contributed by atoms with Gasteiger partial charge in [0.15, 0.2) is 0 Å².